The number of hydrogen-bond donors (Lipinski definition) is 2. The van der Waals surface area contributed by atoms with Crippen LogP contribution in [-0.4, -0.2) is 17.1 Å². The molecule has 0 fully saturated rings. The summed E-state index contributed by atoms with van der Waals surface area (Å²) in [5.41, 5.74) is 6.59. The predicted molar refractivity (Wildman–Crippen MR) is 115 cm³/mol. The van der Waals surface area contributed by atoms with Gasteiger partial charge in [0, 0.05) is 11.1 Å². The summed E-state index contributed by atoms with van der Waals surface area (Å²) in [7, 11) is 0. The summed E-state index contributed by atoms with van der Waals surface area (Å²) in [5, 5.41) is 5.88. The van der Waals surface area contributed by atoms with Gasteiger partial charge < -0.3 is 4.98 Å². The molecule has 2 N–H and O–H groups in total. The highest BCUT2D eigenvalue weighted by atomic mass is 35.5. The van der Waals surface area contributed by atoms with E-state index in [0.29, 0.717) is 15.6 Å². The molecule has 6 heteroatoms. The number of rotatable bonds is 4. The molecule has 3 aromatic carbocycles. The Kier molecular flexibility index (Phi) is 5.15. The Morgan fingerprint density at radius 2 is 1.75 bits per heavy atom. The monoisotopic (exact) mass is 407 g/mol. The molecule has 0 saturated heterocycles. The quantitative estimate of drug-likeness (QED) is 0.320. The molecule has 0 aliphatic heterocycles. The van der Waals surface area contributed by atoms with E-state index < -0.39 is 0 Å². The number of nitrogens with zero attached hydrogens (tertiary/aromatic N) is 1. The summed E-state index contributed by atoms with van der Waals surface area (Å²) in [6.45, 7) is 0. The molecule has 138 valence electrons. The zero-order valence-electron chi connectivity index (χ0n) is 14.6. The van der Waals surface area contributed by atoms with Crippen molar-refractivity contribution in [3.63, 3.8) is 0 Å². The molecule has 28 heavy (non-hydrogen) atoms. The number of aromatic nitrogens is 1. The third-order valence-electron chi connectivity index (χ3n) is 4.31. The molecule has 0 aliphatic carbocycles. The molecule has 0 spiro atoms. The minimum atomic E-state index is -0.302. The SMILES string of the molecule is O=C(N/N=C\c1ccc(Cl)c(Cl)c1)c1cccc2cc(-c3ccccc3)[nH]c12. The van der Waals surface area contributed by atoms with Crippen LogP contribution in [0.3, 0.4) is 0 Å². The second-order valence-electron chi connectivity index (χ2n) is 6.19. The number of nitrogens with one attached hydrogen (secondary N) is 2. The second-order valence-corrected chi connectivity index (χ2v) is 7.01. The van der Waals surface area contributed by atoms with Crippen molar-refractivity contribution in [2.45, 2.75) is 0 Å². The van der Waals surface area contributed by atoms with Gasteiger partial charge in [0.05, 0.1) is 27.3 Å². The lowest BCUT2D eigenvalue weighted by molar-refractivity contribution is 0.0956. The lowest BCUT2D eigenvalue weighted by Gasteiger charge is -2.02. The Morgan fingerprint density at radius 1 is 0.929 bits per heavy atom. The molecule has 0 bridgehead atoms. The van der Waals surface area contributed by atoms with Crippen molar-refractivity contribution in [1.82, 2.24) is 10.4 Å². The molecule has 0 radical (unpaired) electrons. The largest absolute Gasteiger partial charge is 0.354 e. The number of halogens is 2. The fourth-order valence-electron chi connectivity index (χ4n) is 2.94. The molecule has 1 heterocycles. The average Bonchev–Trinajstić information content (AvgIpc) is 3.15. The number of benzene rings is 3. The Hall–Kier alpha value is -3.08. The van der Waals surface area contributed by atoms with Crippen molar-refractivity contribution in [2.75, 3.05) is 0 Å². The number of carbonyl (C=O) groups is 1. The van der Waals surface area contributed by atoms with Crippen molar-refractivity contribution in [1.29, 1.82) is 0 Å². The standard InChI is InChI=1S/C22H15Cl2N3O/c23-18-10-9-14(11-19(18)24)13-25-27-22(28)17-8-4-7-16-12-20(26-21(16)17)15-5-2-1-3-6-15/h1-13,26H,(H,27,28)/b25-13-. The lowest BCUT2D eigenvalue weighted by atomic mass is 10.1. The minimum absolute atomic E-state index is 0.302. The molecular weight excluding hydrogens is 393 g/mol. The van der Waals surface area contributed by atoms with E-state index in [1.807, 2.05) is 48.5 Å². The first-order valence-corrected chi connectivity index (χ1v) is 9.33. The van der Waals surface area contributed by atoms with Crippen molar-refractivity contribution in [2.24, 2.45) is 5.10 Å². The third-order valence-corrected chi connectivity index (χ3v) is 5.05. The van der Waals surface area contributed by atoms with E-state index >= 15 is 0 Å². The predicted octanol–water partition coefficient (Wildman–Crippen LogP) is 5.91. The van der Waals surface area contributed by atoms with Crippen LogP contribution in [0.5, 0.6) is 0 Å². The maximum atomic E-state index is 12.6. The average molecular weight is 408 g/mol. The van der Waals surface area contributed by atoms with Crippen LogP contribution >= 0.6 is 23.2 Å². The fourth-order valence-corrected chi connectivity index (χ4v) is 3.24. The molecule has 4 rings (SSSR count). The van der Waals surface area contributed by atoms with E-state index in [4.69, 9.17) is 23.2 Å². The van der Waals surface area contributed by atoms with Crippen molar-refractivity contribution < 1.29 is 4.79 Å². The van der Waals surface area contributed by atoms with E-state index in [1.165, 1.54) is 6.21 Å². The van der Waals surface area contributed by atoms with Crippen molar-refractivity contribution in [3.05, 3.63) is 94.0 Å². The first kappa shape index (κ1) is 18.3. The molecule has 0 atom stereocenters. The summed E-state index contributed by atoms with van der Waals surface area (Å²) < 4.78 is 0. The number of amides is 1. The fraction of sp³-hybridized carbons (Fsp3) is 0. The topological polar surface area (TPSA) is 57.2 Å². The summed E-state index contributed by atoms with van der Waals surface area (Å²) >= 11 is 11.9. The van der Waals surface area contributed by atoms with Gasteiger partial charge in [-0.25, -0.2) is 5.43 Å². The van der Waals surface area contributed by atoms with Crippen LogP contribution in [0.15, 0.2) is 77.9 Å². The van der Waals surface area contributed by atoms with Gasteiger partial charge in [-0.1, -0.05) is 71.7 Å². The number of hydrazone groups is 1. The molecule has 0 aliphatic rings. The molecule has 1 amide bonds. The number of fused-ring (bicyclic) bond motifs is 1. The lowest BCUT2D eigenvalue weighted by Crippen LogP contribution is -2.18. The summed E-state index contributed by atoms with van der Waals surface area (Å²) in [4.78, 5) is 16.0. The molecular formula is C22H15Cl2N3O. The number of carbonyl (C=O) groups excluding carboxylic acids is 1. The Balaban J connectivity index is 1.58. The molecule has 4 aromatic rings. The molecule has 4 nitrogen and oxygen atoms in total. The van der Waals surface area contributed by atoms with Gasteiger partial charge in [-0.15, -0.1) is 0 Å². The van der Waals surface area contributed by atoms with E-state index in [0.717, 1.165) is 27.7 Å². The normalized spacial score (nSPS) is 11.2. The Labute approximate surface area is 171 Å². The maximum Gasteiger partial charge on any atom is 0.273 e. The number of para-hydroxylation sites is 1. The van der Waals surface area contributed by atoms with Crippen molar-refractivity contribution in [3.8, 4) is 11.3 Å². The number of hydrogen-bond acceptors (Lipinski definition) is 2. The van der Waals surface area contributed by atoms with Crippen LogP contribution < -0.4 is 5.43 Å². The highest BCUT2D eigenvalue weighted by Crippen LogP contribution is 2.26. The minimum Gasteiger partial charge on any atom is -0.354 e. The van der Waals surface area contributed by atoms with Gasteiger partial charge in [0.1, 0.15) is 0 Å². The zero-order chi connectivity index (χ0) is 19.5. The van der Waals surface area contributed by atoms with E-state index in [9.17, 15) is 4.79 Å². The van der Waals surface area contributed by atoms with Gasteiger partial charge in [0.25, 0.3) is 5.91 Å². The Bertz CT molecular complexity index is 1180. The summed E-state index contributed by atoms with van der Waals surface area (Å²) in [6, 6.07) is 22.7. The summed E-state index contributed by atoms with van der Waals surface area (Å²) in [5.74, 6) is -0.302. The highest BCUT2D eigenvalue weighted by molar-refractivity contribution is 6.42. The first-order valence-electron chi connectivity index (χ1n) is 8.57. The van der Waals surface area contributed by atoms with Crippen LogP contribution in [0.4, 0.5) is 0 Å². The zero-order valence-corrected chi connectivity index (χ0v) is 16.1. The van der Waals surface area contributed by atoms with Gasteiger partial charge in [0.2, 0.25) is 0 Å². The molecule has 0 unspecified atom stereocenters. The van der Waals surface area contributed by atoms with Gasteiger partial charge >= 0.3 is 0 Å². The number of H-pyrrole nitrogens is 1. The van der Waals surface area contributed by atoms with Crippen LogP contribution in [0.25, 0.3) is 22.2 Å². The van der Waals surface area contributed by atoms with Crippen molar-refractivity contribution >= 4 is 46.2 Å². The maximum absolute atomic E-state index is 12.6. The second kappa shape index (κ2) is 7.89. The number of aromatic amines is 1. The first-order chi connectivity index (χ1) is 13.6. The van der Waals surface area contributed by atoms with E-state index in [1.54, 1.807) is 24.3 Å². The highest BCUT2D eigenvalue weighted by Gasteiger charge is 2.12. The Morgan fingerprint density at radius 3 is 2.54 bits per heavy atom. The smallest absolute Gasteiger partial charge is 0.273 e. The van der Waals surface area contributed by atoms with E-state index in [-0.39, 0.29) is 5.91 Å². The molecule has 1 aromatic heterocycles. The van der Waals surface area contributed by atoms with Crippen LogP contribution in [0.1, 0.15) is 15.9 Å². The third kappa shape index (κ3) is 3.79. The van der Waals surface area contributed by atoms with Gasteiger partial charge in [-0.2, -0.15) is 5.10 Å². The molecule has 0 saturated carbocycles. The van der Waals surface area contributed by atoms with Crippen LogP contribution in [-0.2, 0) is 0 Å². The van der Waals surface area contributed by atoms with Gasteiger partial charge in [-0.05, 0) is 35.4 Å². The van der Waals surface area contributed by atoms with Crippen LogP contribution in [0.2, 0.25) is 10.0 Å². The van der Waals surface area contributed by atoms with Crippen LogP contribution in [0, 0.1) is 0 Å². The summed E-state index contributed by atoms with van der Waals surface area (Å²) in [6.07, 6.45) is 1.52. The van der Waals surface area contributed by atoms with Gasteiger partial charge in [-0.3, -0.25) is 4.79 Å². The van der Waals surface area contributed by atoms with Gasteiger partial charge in [0.15, 0.2) is 0 Å². The van der Waals surface area contributed by atoms with E-state index in [2.05, 4.69) is 15.5 Å².